The Kier molecular flexibility index (Phi) is 5.70. The number of aromatic nitrogens is 1. The van der Waals surface area contributed by atoms with Crippen LogP contribution < -0.4 is 10.0 Å². The number of nitrogens with zero attached hydrogens (tertiary/aromatic N) is 1. The molecule has 0 saturated heterocycles. The highest BCUT2D eigenvalue weighted by Gasteiger charge is 2.15. The molecule has 0 bridgehead atoms. The lowest BCUT2D eigenvalue weighted by molar-refractivity contribution is 0.101. The first-order valence-electron chi connectivity index (χ1n) is 8.42. The molecule has 2 aromatic carbocycles. The molecule has 0 spiro atoms. The third-order valence-electron chi connectivity index (χ3n) is 4.00. The van der Waals surface area contributed by atoms with Crippen molar-refractivity contribution in [2.24, 2.45) is 0 Å². The van der Waals surface area contributed by atoms with Crippen molar-refractivity contribution in [3.05, 3.63) is 83.8 Å². The molecule has 28 heavy (non-hydrogen) atoms. The molecular formula is C20H18FN3O3S. The monoisotopic (exact) mass is 399 g/mol. The zero-order valence-corrected chi connectivity index (χ0v) is 15.8. The molecule has 2 N–H and O–H groups in total. The fourth-order valence-electron chi connectivity index (χ4n) is 2.47. The first kappa shape index (κ1) is 19.5. The van der Waals surface area contributed by atoms with Crippen molar-refractivity contribution in [3.63, 3.8) is 0 Å². The predicted molar refractivity (Wildman–Crippen MR) is 105 cm³/mol. The first-order valence-corrected chi connectivity index (χ1v) is 9.90. The van der Waals surface area contributed by atoms with Crippen molar-refractivity contribution < 1.29 is 17.6 Å². The number of benzene rings is 2. The van der Waals surface area contributed by atoms with E-state index in [0.717, 1.165) is 0 Å². The van der Waals surface area contributed by atoms with Gasteiger partial charge in [-0.05, 0) is 37.3 Å². The van der Waals surface area contributed by atoms with E-state index in [-0.39, 0.29) is 28.7 Å². The van der Waals surface area contributed by atoms with Crippen LogP contribution in [0.2, 0.25) is 0 Å². The average molecular weight is 399 g/mol. The number of anilines is 2. The number of pyridine rings is 1. The molecule has 0 aliphatic heterocycles. The van der Waals surface area contributed by atoms with Crippen LogP contribution in [-0.2, 0) is 16.6 Å². The minimum atomic E-state index is -3.80. The average Bonchev–Trinajstić information content (AvgIpc) is 2.68. The van der Waals surface area contributed by atoms with Crippen molar-refractivity contribution in [1.29, 1.82) is 0 Å². The summed E-state index contributed by atoms with van der Waals surface area (Å²) in [4.78, 5) is 15.5. The minimum absolute atomic E-state index is 0.0410. The Hall–Kier alpha value is -3.26. The van der Waals surface area contributed by atoms with Crippen molar-refractivity contribution in [1.82, 2.24) is 4.98 Å². The van der Waals surface area contributed by atoms with Gasteiger partial charge in [-0.15, -0.1) is 0 Å². The van der Waals surface area contributed by atoms with E-state index < -0.39 is 10.0 Å². The van der Waals surface area contributed by atoms with Crippen molar-refractivity contribution in [2.45, 2.75) is 18.4 Å². The van der Waals surface area contributed by atoms with Gasteiger partial charge in [0.1, 0.15) is 11.6 Å². The van der Waals surface area contributed by atoms with Crippen LogP contribution in [0.5, 0.6) is 0 Å². The summed E-state index contributed by atoms with van der Waals surface area (Å²) in [5.41, 5.74) is 1.22. The van der Waals surface area contributed by atoms with E-state index in [0.29, 0.717) is 16.9 Å². The molecule has 3 aromatic rings. The summed E-state index contributed by atoms with van der Waals surface area (Å²) in [6, 6.07) is 15.2. The van der Waals surface area contributed by atoms with Gasteiger partial charge in [0.2, 0.25) is 0 Å². The number of ketones is 1. The van der Waals surface area contributed by atoms with Gasteiger partial charge in [0.05, 0.1) is 16.8 Å². The maximum absolute atomic E-state index is 13.6. The topological polar surface area (TPSA) is 88.2 Å². The Morgan fingerprint density at radius 1 is 1.04 bits per heavy atom. The summed E-state index contributed by atoms with van der Waals surface area (Å²) in [5, 5.41) is 2.98. The molecule has 0 aliphatic rings. The van der Waals surface area contributed by atoms with Crippen LogP contribution in [-0.4, -0.2) is 19.2 Å². The fraction of sp³-hybridized carbons (Fsp3) is 0.100. The second kappa shape index (κ2) is 8.18. The number of carbonyl (C=O) groups excluding carboxylic acids is 1. The van der Waals surface area contributed by atoms with Gasteiger partial charge in [-0.25, -0.2) is 17.8 Å². The van der Waals surface area contributed by atoms with Crippen LogP contribution in [0.15, 0.2) is 71.8 Å². The lowest BCUT2D eigenvalue weighted by Gasteiger charge is -2.10. The van der Waals surface area contributed by atoms with Crippen LogP contribution in [0.3, 0.4) is 0 Å². The van der Waals surface area contributed by atoms with E-state index in [2.05, 4.69) is 15.0 Å². The van der Waals surface area contributed by atoms with E-state index >= 15 is 0 Å². The molecule has 1 heterocycles. The zero-order valence-electron chi connectivity index (χ0n) is 15.0. The van der Waals surface area contributed by atoms with Crippen LogP contribution in [0.25, 0.3) is 0 Å². The van der Waals surface area contributed by atoms with Crippen LogP contribution in [0.1, 0.15) is 22.8 Å². The highest BCUT2D eigenvalue weighted by molar-refractivity contribution is 7.92. The summed E-state index contributed by atoms with van der Waals surface area (Å²) in [6.07, 6.45) is 1.37. The van der Waals surface area contributed by atoms with E-state index in [9.17, 15) is 17.6 Å². The molecule has 6 nitrogen and oxygen atoms in total. The third kappa shape index (κ3) is 4.72. The van der Waals surface area contributed by atoms with Gasteiger partial charge in [-0.1, -0.05) is 30.3 Å². The number of carbonyl (C=O) groups is 1. The molecule has 0 unspecified atom stereocenters. The maximum Gasteiger partial charge on any atom is 0.261 e. The van der Waals surface area contributed by atoms with Gasteiger partial charge in [0.25, 0.3) is 10.0 Å². The number of rotatable bonds is 7. The van der Waals surface area contributed by atoms with Gasteiger partial charge in [-0.3, -0.25) is 9.52 Å². The van der Waals surface area contributed by atoms with Gasteiger partial charge < -0.3 is 5.32 Å². The molecule has 0 saturated carbocycles. The molecule has 0 amide bonds. The standard InChI is InChI=1S/C20H18FN3O3S/c1-14(25)15-6-9-18(10-7-15)28(26,27)24-17-8-11-20(23-13-17)22-12-16-4-2-3-5-19(16)21/h2-11,13,24H,12H2,1H3,(H,22,23). The molecule has 0 aliphatic carbocycles. The Balaban J connectivity index is 1.66. The van der Waals surface area contributed by atoms with Crippen molar-refractivity contribution >= 4 is 27.3 Å². The Morgan fingerprint density at radius 2 is 1.75 bits per heavy atom. The van der Waals surface area contributed by atoms with Crippen molar-refractivity contribution in [2.75, 3.05) is 10.0 Å². The molecule has 0 radical (unpaired) electrons. The Morgan fingerprint density at radius 3 is 2.36 bits per heavy atom. The molecule has 1 aromatic heterocycles. The van der Waals surface area contributed by atoms with E-state index in [4.69, 9.17) is 0 Å². The van der Waals surface area contributed by atoms with Gasteiger partial charge in [-0.2, -0.15) is 0 Å². The fourth-order valence-corrected chi connectivity index (χ4v) is 3.51. The quantitative estimate of drug-likeness (QED) is 0.590. The third-order valence-corrected chi connectivity index (χ3v) is 5.40. The Bertz CT molecular complexity index is 1080. The van der Waals surface area contributed by atoms with Crippen LogP contribution >= 0.6 is 0 Å². The highest BCUT2D eigenvalue weighted by atomic mass is 32.2. The maximum atomic E-state index is 13.6. The summed E-state index contributed by atoms with van der Waals surface area (Å²) in [5.74, 6) is 0.0340. The Labute approximate surface area is 162 Å². The summed E-state index contributed by atoms with van der Waals surface area (Å²) in [6.45, 7) is 1.67. The minimum Gasteiger partial charge on any atom is -0.366 e. The molecule has 144 valence electrons. The van der Waals surface area contributed by atoms with Gasteiger partial charge in [0.15, 0.2) is 5.78 Å². The SMILES string of the molecule is CC(=O)c1ccc(S(=O)(=O)Nc2ccc(NCc3ccccc3F)nc2)cc1. The molecule has 0 atom stereocenters. The summed E-state index contributed by atoms with van der Waals surface area (Å²) >= 11 is 0. The number of hydrogen-bond acceptors (Lipinski definition) is 5. The van der Waals surface area contributed by atoms with Crippen LogP contribution in [0.4, 0.5) is 15.9 Å². The van der Waals surface area contributed by atoms with Gasteiger partial charge >= 0.3 is 0 Å². The van der Waals surface area contributed by atoms with E-state index in [1.54, 1.807) is 30.3 Å². The van der Waals surface area contributed by atoms with Crippen molar-refractivity contribution in [3.8, 4) is 0 Å². The number of halogens is 1. The number of nitrogens with one attached hydrogen (secondary N) is 2. The molecule has 8 heteroatoms. The number of Topliss-reactive ketones (excluding diaryl/α,β-unsaturated/α-hetero) is 1. The predicted octanol–water partition coefficient (Wildman–Crippen LogP) is 3.84. The second-order valence-electron chi connectivity index (χ2n) is 6.06. The summed E-state index contributed by atoms with van der Waals surface area (Å²) in [7, 11) is -3.80. The number of hydrogen-bond donors (Lipinski definition) is 2. The lowest BCUT2D eigenvalue weighted by Crippen LogP contribution is -2.13. The van der Waals surface area contributed by atoms with Crippen LogP contribution in [0, 0.1) is 5.82 Å². The molecular weight excluding hydrogens is 381 g/mol. The highest BCUT2D eigenvalue weighted by Crippen LogP contribution is 2.18. The number of sulfonamides is 1. The van der Waals surface area contributed by atoms with Gasteiger partial charge in [0, 0.05) is 17.7 Å². The molecule has 3 rings (SSSR count). The lowest BCUT2D eigenvalue weighted by atomic mass is 10.2. The largest absolute Gasteiger partial charge is 0.366 e. The summed E-state index contributed by atoms with van der Waals surface area (Å²) < 4.78 is 40.9. The van der Waals surface area contributed by atoms with E-state index in [1.807, 2.05) is 0 Å². The first-order chi connectivity index (χ1) is 13.3. The zero-order chi connectivity index (χ0) is 20.1. The second-order valence-corrected chi connectivity index (χ2v) is 7.75. The smallest absolute Gasteiger partial charge is 0.261 e. The van der Waals surface area contributed by atoms with E-state index in [1.165, 1.54) is 43.5 Å². The normalized spacial score (nSPS) is 11.1. The molecule has 0 fully saturated rings.